The summed E-state index contributed by atoms with van der Waals surface area (Å²) in [4.78, 5) is 23.7. The van der Waals surface area contributed by atoms with Crippen LogP contribution in [0.15, 0.2) is 0 Å². The van der Waals surface area contributed by atoms with Gasteiger partial charge in [-0.2, -0.15) is 35.2 Å². The van der Waals surface area contributed by atoms with Crippen LogP contribution >= 0.6 is 23.2 Å². The molecular weight excluding hydrogens is 417 g/mol. The van der Waals surface area contributed by atoms with Gasteiger partial charge in [-0.1, -0.05) is 0 Å². The lowest BCUT2D eigenvalue weighted by atomic mass is 10.1. The maximum absolute atomic E-state index is 8.87. The maximum atomic E-state index is 8.87. The minimum atomic E-state index is -0.756. The molecule has 0 radical (unpaired) electrons. The minimum Gasteiger partial charge on any atom is -0.354 e. The van der Waals surface area contributed by atoms with Crippen LogP contribution < -0.4 is 21.3 Å². The molecule has 2 rings (SSSR count). The summed E-state index contributed by atoms with van der Waals surface area (Å²) in [6, 6.07) is 2.09. The molecule has 0 unspecified atom stereocenters. The monoisotopic (exact) mass is 441 g/mol. The molecule has 13 heteroatoms. The van der Waals surface area contributed by atoms with Crippen molar-refractivity contribution in [2.75, 3.05) is 40.9 Å². The second kappa shape index (κ2) is 12.0. The molecule has 0 aliphatic heterocycles. The van der Waals surface area contributed by atoms with E-state index in [1.165, 1.54) is 0 Å². The number of nitrogens with one attached hydrogen (secondary N) is 4. The zero-order valence-electron chi connectivity index (χ0n) is 17.0. The third kappa shape index (κ3) is 9.36. The van der Waals surface area contributed by atoms with Crippen molar-refractivity contribution in [3.05, 3.63) is 10.6 Å². The lowest BCUT2D eigenvalue weighted by Gasteiger charge is -2.17. The standard InChI is InChI=1S/C9H13ClN6.C7H12ClN5/c1-4-12-7-13-6(10)14-8(15-7)16-9(2,3)5-11;1-3-9-6-11-5(8)12-7(13-6)10-4-2/h4H2,1-3H3,(H2,12,13,14,15,16);3-4H2,1-2H3,(H2,9,10,11,12,13). The van der Waals surface area contributed by atoms with E-state index in [1.807, 2.05) is 20.8 Å². The van der Waals surface area contributed by atoms with Gasteiger partial charge in [0.1, 0.15) is 5.54 Å². The van der Waals surface area contributed by atoms with Gasteiger partial charge in [-0.05, 0) is 57.8 Å². The molecule has 0 saturated carbocycles. The molecule has 4 N–H and O–H groups in total. The molecule has 0 fully saturated rings. The second-order valence-electron chi connectivity index (χ2n) is 5.96. The first kappa shape index (κ1) is 24.3. The summed E-state index contributed by atoms with van der Waals surface area (Å²) in [6.07, 6.45) is 0. The molecule has 2 heterocycles. The minimum absolute atomic E-state index is 0.0854. The van der Waals surface area contributed by atoms with Crippen LogP contribution in [0.5, 0.6) is 0 Å². The Kier molecular flexibility index (Phi) is 10.1. The highest BCUT2D eigenvalue weighted by atomic mass is 35.5. The van der Waals surface area contributed by atoms with Gasteiger partial charge in [0, 0.05) is 19.6 Å². The number of nitrogens with zero attached hydrogens (tertiary/aromatic N) is 7. The SMILES string of the molecule is CCNc1nc(Cl)nc(NC(C)(C)C#N)n1.CCNc1nc(Cl)nc(NCC)n1. The van der Waals surface area contributed by atoms with E-state index < -0.39 is 5.54 Å². The molecule has 0 amide bonds. The summed E-state index contributed by atoms with van der Waals surface area (Å²) in [7, 11) is 0. The lowest BCUT2D eigenvalue weighted by Crippen LogP contribution is -2.29. The quantitative estimate of drug-likeness (QED) is 0.478. The van der Waals surface area contributed by atoms with Crippen molar-refractivity contribution in [2.45, 2.75) is 40.2 Å². The Labute approximate surface area is 180 Å². The summed E-state index contributed by atoms with van der Waals surface area (Å²) < 4.78 is 0. The number of aromatic nitrogens is 6. The summed E-state index contributed by atoms with van der Waals surface area (Å²) >= 11 is 11.4. The van der Waals surface area contributed by atoms with Crippen molar-refractivity contribution in [1.29, 1.82) is 5.26 Å². The van der Waals surface area contributed by atoms with Gasteiger partial charge in [-0.25, -0.2) is 0 Å². The first-order valence-electron chi connectivity index (χ1n) is 8.97. The molecule has 0 bridgehead atoms. The van der Waals surface area contributed by atoms with Crippen LogP contribution in [0.1, 0.15) is 34.6 Å². The molecule has 11 nitrogen and oxygen atoms in total. The summed E-state index contributed by atoms with van der Waals surface area (Å²) in [5.41, 5.74) is -0.756. The Bertz CT molecular complexity index is 799. The second-order valence-corrected chi connectivity index (χ2v) is 6.63. The molecule has 0 aliphatic rings. The molecule has 29 heavy (non-hydrogen) atoms. The third-order valence-corrected chi connectivity index (χ3v) is 3.26. The van der Waals surface area contributed by atoms with Crippen LogP contribution in [-0.4, -0.2) is 55.1 Å². The number of hydrogen-bond acceptors (Lipinski definition) is 11. The zero-order valence-corrected chi connectivity index (χ0v) is 18.5. The fraction of sp³-hybridized carbons (Fsp3) is 0.562. The Morgan fingerprint density at radius 1 is 0.724 bits per heavy atom. The molecule has 0 saturated heterocycles. The Hall–Kier alpha value is -2.71. The molecule has 158 valence electrons. The Balaban J connectivity index is 0.000000296. The van der Waals surface area contributed by atoms with Gasteiger partial charge in [0.05, 0.1) is 6.07 Å². The predicted octanol–water partition coefficient (Wildman–Crippen LogP) is 3.06. The molecule has 0 aliphatic carbocycles. The lowest BCUT2D eigenvalue weighted by molar-refractivity contribution is 0.715. The largest absolute Gasteiger partial charge is 0.354 e. The zero-order chi connectivity index (χ0) is 21.9. The molecule has 0 aromatic carbocycles. The molecular formula is C16H25Cl2N11. The van der Waals surface area contributed by atoms with E-state index in [4.69, 9.17) is 28.5 Å². The summed E-state index contributed by atoms with van der Waals surface area (Å²) in [6.45, 7) is 11.5. The molecule has 0 spiro atoms. The van der Waals surface area contributed by atoms with Crippen LogP contribution in [0.4, 0.5) is 23.8 Å². The number of nitriles is 1. The normalized spacial score (nSPS) is 10.3. The van der Waals surface area contributed by atoms with Gasteiger partial charge in [-0.15, -0.1) is 0 Å². The number of anilines is 4. The third-order valence-electron chi connectivity index (χ3n) is 2.92. The van der Waals surface area contributed by atoms with Crippen molar-refractivity contribution in [2.24, 2.45) is 0 Å². The summed E-state index contributed by atoms with van der Waals surface area (Å²) in [5, 5.41) is 20.9. The van der Waals surface area contributed by atoms with Gasteiger partial charge in [-0.3, -0.25) is 0 Å². The van der Waals surface area contributed by atoms with Crippen molar-refractivity contribution in [1.82, 2.24) is 29.9 Å². The topological polar surface area (TPSA) is 149 Å². The van der Waals surface area contributed by atoms with Crippen LogP contribution in [-0.2, 0) is 0 Å². The van der Waals surface area contributed by atoms with E-state index in [1.54, 1.807) is 13.8 Å². The van der Waals surface area contributed by atoms with Crippen LogP contribution in [0.2, 0.25) is 10.6 Å². The van der Waals surface area contributed by atoms with Gasteiger partial charge in [0.15, 0.2) is 0 Å². The smallest absolute Gasteiger partial charge is 0.230 e. The van der Waals surface area contributed by atoms with Gasteiger partial charge >= 0.3 is 0 Å². The highest BCUT2D eigenvalue weighted by Crippen LogP contribution is 2.14. The number of hydrogen-bond donors (Lipinski definition) is 4. The fourth-order valence-electron chi connectivity index (χ4n) is 1.78. The van der Waals surface area contributed by atoms with Gasteiger partial charge < -0.3 is 21.3 Å². The highest BCUT2D eigenvalue weighted by Gasteiger charge is 2.18. The molecule has 0 atom stereocenters. The van der Waals surface area contributed by atoms with E-state index >= 15 is 0 Å². The average Bonchev–Trinajstić information content (AvgIpc) is 2.62. The van der Waals surface area contributed by atoms with E-state index in [2.05, 4.69) is 57.2 Å². The molecule has 2 aromatic rings. The van der Waals surface area contributed by atoms with Gasteiger partial charge in [0.25, 0.3) is 0 Å². The Morgan fingerprint density at radius 2 is 1.07 bits per heavy atom. The fourth-order valence-corrected chi connectivity index (χ4v) is 2.10. The van der Waals surface area contributed by atoms with Crippen molar-refractivity contribution >= 4 is 47.0 Å². The molecule has 2 aromatic heterocycles. The van der Waals surface area contributed by atoms with Crippen LogP contribution in [0.25, 0.3) is 0 Å². The van der Waals surface area contributed by atoms with E-state index in [9.17, 15) is 0 Å². The first-order valence-corrected chi connectivity index (χ1v) is 9.72. The maximum Gasteiger partial charge on any atom is 0.230 e. The van der Waals surface area contributed by atoms with E-state index in [0.717, 1.165) is 13.1 Å². The van der Waals surface area contributed by atoms with E-state index in [-0.39, 0.29) is 16.5 Å². The predicted molar refractivity (Wildman–Crippen MR) is 115 cm³/mol. The number of rotatable bonds is 8. The van der Waals surface area contributed by atoms with E-state index in [0.29, 0.717) is 24.4 Å². The highest BCUT2D eigenvalue weighted by molar-refractivity contribution is 6.28. The van der Waals surface area contributed by atoms with Gasteiger partial charge in [0.2, 0.25) is 34.4 Å². The average molecular weight is 442 g/mol. The first-order chi connectivity index (χ1) is 13.7. The van der Waals surface area contributed by atoms with Crippen molar-refractivity contribution in [3.63, 3.8) is 0 Å². The Morgan fingerprint density at radius 3 is 1.41 bits per heavy atom. The van der Waals surface area contributed by atoms with Crippen molar-refractivity contribution < 1.29 is 0 Å². The summed E-state index contributed by atoms with van der Waals surface area (Å²) in [5.74, 6) is 1.66. The van der Waals surface area contributed by atoms with Crippen LogP contribution in [0.3, 0.4) is 0 Å². The number of halogens is 2. The van der Waals surface area contributed by atoms with Crippen LogP contribution in [0, 0.1) is 11.3 Å². The van der Waals surface area contributed by atoms with Crippen molar-refractivity contribution in [3.8, 4) is 6.07 Å².